The van der Waals surface area contributed by atoms with Crippen molar-refractivity contribution >= 4 is 0 Å². The van der Waals surface area contributed by atoms with Gasteiger partial charge in [0.2, 0.25) is 0 Å². The van der Waals surface area contributed by atoms with Crippen molar-refractivity contribution in [1.29, 1.82) is 10.5 Å². The van der Waals surface area contributed by atoms with Crippen molar-refractivity contribution in [1.82, 2.24) is 0 Å². The lowest BCUT2D eigenvalue weighted by Crippen LogP contribution is -1.90. The molecule has 3 heteroatoms. The van der Waals surface area contributed by atoms with Gasteiger partial charge in [0.05, 0.1) is 11.1 Å². The summed E-state index contributed by atoms with van der Waals surface area (Å²) in [7, 11) is 0. The summed E-state index contributed by atoms with van der Waals surface area (Å²) in [4.78, 5) is 0. The molecule has 0 bridgehead atoms. The number of nitrogens with zero attached hydrogens (tertiary/aromatic N) is 2. The van der Waals surface area contributed by atoms with Crippen LogP contribution in [0.1, 0.15) is 28.7 Å². The molecular weight excluding hydrogens is 248 g/mol. The van der Waals surface area contributed by atoms with Gasteiger partial charge in [-0.1, -0.05) is 6.07 Å². The number of ether oxygens (including phenoxy) is 1. The van der Waals surface area contributed by atoms with Crippen LogP contribution in [0, 0.1) is 22.7 Å². The lowest BCUT2D eigenvalue weighted by Gasteiger charge is -2.08. The molecule has 0 heterocycles. The minimum Gasteiger partial charge on any atom is -0.457 e. The van der Waals surface area contributed by atoms with Crippen molar-refractivity contribution in [2.45, 2.75) is 19.3 Å². The number of fused-ring (bicyclic) bond motifs is 1. The van der Waals surface area contributed by atoms with Gasteiger partial charge in [-0.2, -0.15) is 10.5 Å². The Kier molecular flexibility index (Phi) is 3.11. The van der Waals surface area contributed by atoms with Crippen LogP contribution >= 0.6 is 0 Å². The summed E-state index contributed by atoms with van der Waals surface area (Å²) >= 11 is 0. The van der Waals surface area contributed by atoms with Gasteiger partial charge in [-0.05, 0) is 60.7 Å². The molecule has 2 aromatic rings. The Balaban J connectivity index is 1.89. The van der Waals surface area contributed by atoms with Gasteiger partial charge < -0.3 is 4.74 Å². The quantitative estimate of drug-likeness (QED) is 0.827. The largest absolute Gasteiger partial charge is 0.457 e. The Morgan fingerprint density at radius 2 is 1.50 bits per heavy atom. The van der Waals surface area contributed by atoms with E-state index in [1.165, 1.54) is 17.5 Å². The highest BCUT2D eigenvalue weighted by molar-refractivity contribution is 5.50. The zero-order valence-corrected chi connectivity index (χ0v) is 10.9. The van der Waals surface area contributed by atoms with E-state index in [4.69, 9.17) is 15.3 Å². The predicted octanol–water partition coefficient (Wildman–Crippen LogP) is 3.71. The van der Waals surface area contributed by atoms with E-state index in [1.54, 1.807) is 18.2 Å². The molecule has 96 valence electrons. The van der Waals surface area contributed by atoms with E-state index in [-0.39, 0.29) is 0 Å². The van der Waals surface area contributed by atoms with E-state index < -0.39 is 0 Å². The average molecular weight is 260 g/mol. The van der Waals surface area contributed by atoms with Crippen LogP contribution < -0.4 is 4.74 Å². The molecule has 0 radical (unpaired) electrons. The molecular formula is C17H12N2O. The van der Waals surface area contributed by atoms with Gasteiger partial charge in [0.25, 0.3) is 0 Å². The lowest BCUT2D eigenvalue weighted by atomic mass is 10.1. The maximum Gasteiger partial charge on any atom is 0.128 e. The molecule has 1 aliphatic carbocycles. The Hall–Kier alpha value is -2.78. The Morgan fingerprint density at radius 1 is 0.800 bits per heavy atom. The number of aryl methyl sites for hydroxylation is 2. The molecule has 0 fully saturated rings. The topological polar surface area (TPSA) is 56.8 Å². The molecule has 0 N–H and O–H groups in total. The van der Waals surface area contributed by atoms with Gasteiger partial charge in [-0.25, -0.2) is 0 Å². The second-order valence-corrected chi connectivity index (χ2v) is 4.82. The van der Waals surface area contributed by atoms with Crippen LogP contribution in [0.15, 0.2) is 36.4 Å². The zero-order chi connectivity index (χ0) is 13.9. The van der Waals surface area contributed by atoms with Crippen molar-refractivity contribution in [2.75, 3.05) is 0 Å². The first-order valence-electron chi connectivity index (χ1n) is 6.54. The Bertz CT molecular complexity index is 751. The minimum atomic E-state index is 0.339. The van der Waals surface area contributed by atoms with Crippen molar-refractivity contribution in [2.24, 2.45) is 0 Å². The predicted molar refractivity (Wildman–Crippen MR) is 74.4 cm³/mol. The van der Waals surface area contributed by atoms with E-state index >= 15 is 0 Å². The third-order valence-corrected chi connectivity index (χ3v) is 3.54. The van der Waals surface area contributed by atoms with E-state index in [2.05, 4.69) is 12.1 Å². The second-order valence-electron chi connectivity index (χ2n) is 4.82. The molecule has 0 spiro atoms. The fourth-order valence-electron chi connectivity index (χ4n) is 2.52. The zero-order valence-electron chi connectivity index (χ0n) is 10.9. The minimum absolute atomic E-state index is 0.339. The molecule has 1 aliphatic rings. The second kappa shape index (κ2) is 5.07. The molecule has 0 amide bonds. The summed E-state index contributed by atoms with van der Waals surface area (Å²) in [6.45, 7) is 0. The summed E-state index contributed by atoms with van der Waals surface area (Å²) in [6.07, 6.45) is 3.45. The fraction of sp³-hybridized carbons (Fsp3) is 0.176. The van der Waals surface area contributed by atoms with E-state index in [9.17, 15) is 0 Å². The van der Waals surface area contributed by atoms with Crippen LogP contribution in [-0.4, -0.2) is 0 Å². The standard InChI is InChI=1S/C17H12N2O/c18-10-14-5-7-17(9-15(14)11-19)20-16-6-4-12-2-1-3-13(12)8-16/h4-9H,1-3H2. The summed E-state index contributed by atoms with van der Waals surface area (Å²) in [5, 5.41) is 17.9. The molecule has 3 nitrogen and oxygen atoms in total. The first kappa shape index (κ1) is 12.3. The number of nitriles is 2. The monoisotopic (exact) mass is 260 g/mol. The molecule has 0 unspecified atom stereocenters. The highest BCUT2D eigenvalue weighted by Gasteiger charge is 2.12. The van der Waals surface area contributed by atoms with Crippen molar-refractivity contribution in [3.05, 3.63) is 58.7 Å². The Labute approximate surface area is 117 Å². The highest BCUT2D eigenvalue weighted by atomic mass is 16.5. The van der Waals surface area contributed by atoms with Gasteiger partial charge in [0, 0.05) is 0 Å². The maximum atomic E-state index is 9.01. The highest BCUT2D eigenvalue weighted by Crippen LogP contribution is 2.29. The van der Waals surface area contributed by atoms with Crippen molar-refractivity contribution in [3.8, 4) is 23.6 Å². The van der Waals surface area contributed by atoms with E-state index in [0.717, 1.165) is 18.6 Å². The third-order valence-electron chi connectivity index (χ3n) is 3.54. The van der Waals surface area contributed by atoms with Crippen LogP contribution in [0.5, 0.6) is 11.5 Å². The van der Waals surface area contributed by atoms with E-state index in [1.807, 2.05) is 18.2 Å². The van der Waals surface area contributed by atoms with Crippen molar-refractivity contribution in [3.63, 3.8) is 0 Å². The fourth-order valence-corrected chi connectivity index (χ4v) is 2.52. The summed E-state index contributed by atoms with van der Waals surface area (Å²) in [6, 6.07) is 15.1. The first-order valence-corrected chi connectivity index (χ1v) is 6.54. The normalized spacial score (nSPS) is 12.3. The van der Waals surface area contributed by atoms with Crippen LogP contribution in [0.25, 0.3) is 0 Å². The molecule has 0 aromatic heterocycles. The molecule has 0 saturated carbocycles. The van der Waals surface area contributed by atoms with Gasteiger partial charge in [0.1, 0.15) is 23.6 Å². The number of hydrogen-bond acceptors (Lipinski definition) is 3. The van der Waals surface area contributed by atoms with E-state index in [0.29, 0.717) is 16.9 Å². The Morgan fingerprint density at radius 3 is 2.30 bits per heavy atom. The maximum absolute atomic E-state index is 9.01. The van der Waals surface area contributed by atoms with Crippen LogP contribution in [-0.2, 0) is 12.8 Å². The summed E-state index contributed by atoms with van der Waals surface area (Å²) in [5.41, 5.74) is 3.45. The van der Waals surface area contributed by atoms with Crippen molar-refractivity contribution < 1.29 is 4.74 Å². The first-order chi connectivity index (χ1) is 9.80. The summed E-state index contributed by atoms with van der Waals surface area (Å²) in [5.74, 6) is 1.36. The average Bonchev–Trinajstić information content (AvgIpc) is 2.94. The molecule has 3 rings (SSSR count). The molecule has 0 aliphatic heterocycles. The van der Waals surface area contributed by atoms with Gasteiger partial charge in [-0.15, -0.1) is 0 Å². The molecule has 2 aromatic carbocycles. The SMILES string of the molecule is N#Cc1ccc(Oc2ccc3c(c2)CCC3)cc1C#N. The number of rotatable bonds is 2. The summed E-state index contributed by atoms with van der Waals surface area (Å²) < 4.78 is 5.79. The smallest absolute Gasteiger partial charge is 0.128 e. The molecule has 0 atom stereocenters. The van der Waals surface area contributed by atoms with Crippen LogP contribution in [0.4, 0.5) is 0 Å². The van der Waals surface area contributed by atoms with Crippen LogP contribution in [0.2, 0.25) is 0 Å². The molecule has 20 heavy (non-hydrogen) atoms. The van der Waals surface area contributed by atoms with Crippen LogP contribution in [0.3, 0.4) is 0 Å². The van der Waals surface area contributed by atoms with Gasteiger partial charge in [0.15, 0.2) is 0 Å². The lowest BCUT2D eigenvalue weighted by molar-refractivity contribution is 0.482. The van der Waals surface area contributed by atoms with Gasteiger partial charge >= 0.3 is 0 Å². The number of hydrogen-bond donors (Lipinski definition) is 0. The molecule has 0 saturated heterocycles. The third kappa shape index (κ3) is 2.22. The number of benzene rings is 2. The van der Waals surface area contributed by atoms with Gasteiger partial charge in [-0.3, -0.25) is 0 Å².